The molecule has 3 heterocycles. The molecule has 0 unspecified atom stereocenters. The Morgan fingerprint density at radius 1 is 0.423 bits per heavy atom. The lowest BCUT2D eigenvalue weighted by Gasteiger charge is -2.39. The Morgan fingerprint density at radius 3 is 1.69 bits per heavy atom. The van der Waals surface area contributed by atoms with Gasteiger partial charge >= 0.3 is 0 Å². The fraction of sp³-hybridized carbons (Fsp3) is 0.167. The van der Waals surface area contributed by atoms with Crippen LogP contribution in [0.4, 0.5) is 17.1 Å². The van der Waals surface area contributed by atoms with Crippen LogP contribution in [0.1, 0.15) is 52.7 Å². The third-order valence-electron chi connectivity index (χ3n) is 11.4. The van der Waals surface area contributed by atoms with Crippen molar-refractivity contribution in [3.63, 3.8) is 0 Å². The van der Waals surface area contributed by atoms with Crippen LogP contribution in [-0.4, -0.2) is 8.07 Å². The predicted molar refractivity (Wildman–Crippen MR) is 219 cm³/mol. The van der Waals surface area contributed by atoms with E-state index >= 15 is 0 Å². The summed E-state index contributed by atoms with van der Waals surface area (Å²) in [6.07, 6.45) is 0. The van der Waals surface area contributed by atoms with Gasteiger partial charge in [0.05, 0.1) is 11.4 Å². The minimum absolute atomic E-state index is 0.0133. The average molecular weight is 692 g/mol. The van der Waals surface area contributed by atoms with Gasteiger partial charge in [-0.3, -0.25) is 0 Å². The molecule has 254 valence electrons. The summed E-state index contributed by atoms with van der Waals surface area (Å²) < 4.78 is 13.7. The first-order chi connectivity index (χ1) is 25.0. The number of rotatable bonds is 1. The van der Waals surface area contributed by atoms with Crippen LogP contribution in [0.25, 0.3) is 21.9 Å². The van der Waals surface area contributed by atoms with Crippen molar-refractivity contribution < 1.29 is 9.47 Å². The first-order valence-electron chi connectivity index (χ1n) is 18.3. The van der Waals surface area contributed by atoms with E-state index in [2.05, 4.69) is 186 Å². The van der Waals surface area contributed by atoms with E-state index in [-0.39, 0.29) is 10.8 Å². The molecule has 0 radical (unpaired) electrons. The molecule has 0 bridgehead atoms. The summed E-state index contributed by atoms with van der Waals surface area (Å²) in [7, 11) is -2.87. The van der Waals surface area contributed by atoms with Gasteiger partial charge in [-0.2, -0.15) is 0 Å². The summed E-state index contributed by atoms with van der Waals surface area (Å²) in [5.41, 5.74) is 8.36. The molecular formula is C48H41NO2Si. The van der Waals surface area contributed by atoms with Gasteiger partial charge in [-0.05, 0) is 113 Å². The van der Waals surface area contributed by atoms with E-state index in [1.54, 1.807) is 0 Å². The number of ether oxygens (including phenoxy) is 2. The molecule has 7 aromatic carbocycles. The summed E-state index contributed by atoms with van der Waals surface area (Å²) in [4.78, 5) is 2.40. The molecule has 0 atom stereocenters. The zero-order valence-corrected chi connectivity index (χ0v) is 31.5. The highest BCUT2D eigenvalue weighted by Gasteiger charge is 2.54. The van der Waals surface area contributed by atoms with Gasteiger partial charge in [0.1, 0.15) is 11.5 Å². The normalized spacial score (nSPS) is 14.8. The van der Waals surface area contributed by atoms with Crippen molar-refractivity contribution in [3.8, 4) is 34.1 Å². The number of hydrogen-bond acceptors (Lipinski definition) is 3. The third-order valence-corrected chi connectivity index (χ3v) is 16.3. The van der Waals surface area contributed by atoms with Crippen molar-refractivity contribution in [3.05, 3.63) is 151 Å². The number of anilines is 3. The van der Waals surface area contributed by atoms with Gasteiger partial charge in [0.2, 0.25) is 0 Å². The monoisotopic (exact) mass is 691 g/mol. The van der Waals surface area contributed by atoms with E-state index in [4.69, 9.17) is 9.47 Å². The highest BCUT2D eigenvalue weighted by atomic mass is 28.3. The summed E-state index contributed by atoms with van der Waals surface area (Å²) in [5.74, 6) is 3.69. The van der Waals surface area contributed by atoms with Gasteiger partial charge in [-0.25, -0.2) is 0 Å². The second-order valence-corrected chi connectivity index (χ2v) is 20.3. The molecule has 3 aliphatic heterocycles. The zero-order chi connectivity index (χ0) is 35.6. The minimum Gasteiger partial charge on any atom is -0.458 e. The average Bonchev–Trinajstić information content (AvgIpc) is 3.42. The van der Waals surface area contributed by atoms with Crippen LogP contribution >= 0.6 is 0 Å². The van der Waals surface area contributed by atoms with Gasteiger partial charge in [-0.15, -0.1) is 0 Å². The van der Waals surface area contributed by atoms with Crippen molar-refractivity contribution in [1.29, 1.82) is 0 Å². The summed E-state index contributed by atoms with van der Waals surface area (Å²) in [5, 5.41) is 7.80. The second kappa shape index (κ2) is 10.7. The van der Waals surface area contributed by atoms with Crippen LogP contribution < -0.4 is 35.1 Å². The molecule has 0 N–H and O–H groups in total. The molecule has 0 amide bonds. The molecule has 10 rings (SSSR count). The summed E-state index contributed by atoms with van der Waals surface area (Å²) in [6, 6.07) is 51.8. The number of para-hydroxylation sites is 2. The van der Waals surface area contributed by atoms with Crippen LogP contribution in [0.2, 0.25) is 0 Å². The SMILES string of the molecule is CC(C)(C)c1ccc2c(c1)Oc1cc(C(C)(C)C)ccc1[Si]21c2ccccc2-c2ccc(N3c4ccccc4Oc4cc5ccccc5cc43)cc21. The molecule has 52 heavy (non-hydrogen) atoms. The zero-order valence-electron chi connectivity index (χ0n) is 30.5. The molecule has 0 fully saturated rings. The highest BCUT2D eigenvalue weighted by molar-refractivity contribution is 7.23. The van der Waals surface area contributed by atoms with Crippen molar-refractivity contribution in [2.45, 2.75) is 52.4 Å². The molecule has 0 aliphatic carbocycles. The largest absolute Gasteiger partial charge is 0.458 e. The molecule has 0 saturated heterocycles. The Morgan fingerprint density at radius 2 is 1.00 bits per heavy atom. The lowest BCUT2D eigenvalue weighted by atomic mass is 9.87. The van der Waals surface area contributed by atoms with Crippen LogP contribution in [0.5, 0.6) is 23.0 Å². The van der Waals surface area contributed by atoms with Gasteiger partial charge in [0, 0.05) is 5.69 Å². The van der Waals surface area contributed by atoms with Crippen LogP contribution in [0.15, 0.2) is 140 Å². The molecule has 7 aromatic rings. The fourth-order valence-electron chi connectivity index (χ4n) is 8.74. The molecule has 4 heteroatoms. The Kier molecular flexibility index (Phi) is 6.43. The topological polar surface area (TPSA) is 21.7 Å². The molecule has 3 aliphatic rings. The number of hydrogen-bond donors (Lipinski definition) is 0. The van der Waals surface area contributed by atoms with E-state index in [0.29, 0.717) is 0 Å². The quantitative estimate of drug-likeness (QED) is 0.160. The van der Waals surface area contributed by atoms with Gasteiger partial charge in [0.15, 0.2) is 19.6 Å². The first-order valence-corrected chi connectivity index (χ1v) is 20.3. The maximum absolute atomic E-state index is 7.05. The van der Waals surface area contributed by atoms with Crippen molar-refractivity contribution >= 4 is 56.7 Å². The maximum Gasteiger partial charge on any atom is 0.189 e. The first kappa shape index (κ1) is 31.2. The highest BCUT2D eigenvalue weighted by Crippen LogP contribution is 2.52. The van der Waals surface area contributed by atoms with Crippen LogP contribution in [0.3, 0.4) is 0 Å². The van der Waals surface area contributed by atoms with Gasteiger partial charge < -0.3 is 14.4 Å². The van der Waals surface area contributed by atoms with Gasteiger partial charge in [0.25, 0.3) is 0 Å². The van der Waals surface area contributed by atoms with E-state index < -0.39 is 8.07 Å². The Hall–Kier alpha value is -5.58. The van der Waals surface area contributed by atoms with Crippen LogP contribution in [-0.2, 0) is 10.8 Å². The molecule has 0 aromatic heterocycles. The smallest absolute Gasteiger partial charge is 0.189 e. The summed E-state index contributed by atoms with van der Waals surface area (Å²) >= 11 is 0. The maximum atomic E-state index is 7.05. The Labute approximate surface area is 307 Å². The van der Waals surface area contributed by atoms with Crippen molar-refractivity contribution in [2.75, 3.05) is 4.90 Å². The number of benzene rings is 7. The molecule has 1 spiro atoms. The standard InChI is InChI=1S/C48H41NO2Si/c1-47(2,3)32-19-23-44-41(27-32)51-42-28-33(48(4,5)6)20-24-45(42)52(44)43-18-12-9-15-35(43)36-22-21-34(29-46(36)52)49-37-16-10-11-17-39(37)50-40-26-31-14-8-7-13-30(31)25-38(40)49/h7-29H,1-6H3. The van der Waals surface area contributed by atoms with Crippen molar-refractivity contribution in [1.82, 2.24) is 0 Å². The van der Waals surface area contributed by atoms with E-state index in [0.717, 1.165) is 45.4 Å². The number of fused-ring (bicyclic) bond motifs is 12. The third kappa shape index (κ3) is 4.37. The lowest BCUT2D eigenvalue weighted by Crippen LogP contribution is -2.74. The number of nitrogens with zero attached hydrogens (tertiary/aromatic N) is 1. The molecular weight excluding hydrogens is 651 g/mol. The Bertz CT molecular complexity index is 2560. The second-order valence-electron chi connectivity index (χ2n) is 16.6. The minimum atomic E-state index is -2.87. The van der Waals surface area contributed by atoms with Gasteiger partial charge in [-0.1, -0.05) is 133 Å². The van der Waals surface area contributed by atoms with E-state index in [1.165, 1.54) is 48.4 Å². The van der Waals surface area contributed by atoms with Crippen molar-refractivity contribution in [2.24, 2.45) is 0 Å². The summed E-state index contributed by atoms with van der Waals surface area (Å²) in [6.45, 7) is 13.7. The van der Waals surface area contributed by atoms with E-state index in [1.807, 2.05) is 0 Å². The van der Waals surface area contributed by atoms with Crippen LogP contribution in [0, 0.1) is 0 Å². The predicted octanol–water partition coefficient (Wildman–Crippen LogP) is 10.5. The van der Waals surface area contributed by atoms with E-state index in [9.17, 15) is 0 Å². The molecule has 3 nitrogen and oxygen atoms in total. The lowest BCUT2D eigenvalue weighted by molar-refractivity contribution is 0.478. The molecule has 0 saturated carbocycles. The fourth-order valence-corrected chi connectivity index (χ4v) is 14.1. The Balaban J connectivity index is 1.28.